The van der Waals surface area contributed by atoms with Crippen LogP contribution < -0.4 is 14.8 Å². The molecule has 0 aromatic heterocycles. The van der Waals surface area contributed by atoms with Gasteiger partial charge in [-0.25, -0.2) is 0 Å². The molecule has 0 radical (unpaired) electrons. The molecule has 11 nitrogen and oxygen atoms in total. The van der Waals surface area contributed by atoms with Gasteiger partial charge in [-0.15, -0.1) is 0 Å². The predicted octanol–water partition coefficient (Wildman–Crippen LogP) is 0.998. The number of hydrogen-bond donors (Lipinski definition) is 4. The summed E-state index contributed by atoms with van der Waals surface area (Å²) in [5.74, 6) is -0.0741. The van der Waals surface area contributed by atoms with E-state index in [-0.39, 0.29) is 51.3 Å². The van der Waals surface area contributed by atoms with Gasteiger partial charge in [0.05, 0.1) is 36.0 Å². The summed E-state index contributed by atoms with van der Waals surface area (Å²) in [7, 11) is 2.88. The van der Waals surface area contributed by atoms with Crippen molar-refractivity contribution in [3.8, 4) is 11.5 Å². The smallest absolute Gasteiger partial charge is 0.248 e. The number of aliphatic hydroxyl groups excluding tert-OH is 3. The second kappa shape index (κ2) is 16.2. The molecule has 0 unspecified atom stereocenters. The number of ether oxygens (including phenoxy) is 4. The Morgan fingerprint density at radius 1 is 1.24 bits per heavy atom. The van der Waals surface area contributed by atoms with Gasteiger partial charge in [0.2, 0.25) is 11.8 Å². The second-order valence-corrected chi connectivity index (χ2v) is 10.2. The molecule has 1 aliphatic rings. The molecule has 0 fully saturated rings. The largest absolute Gasteiger partial charge is 0.493 e. The molecule has 0 bridgehead atoms. The van der Waals surface area contributed by atoms with Crippen molar-refractivity contribution < 1.29 is 43.9 Å². The van der Waals surface area contributed by atoms with Gasteiger partial charge >= 0.3 is 0 Å². The van der Waals surface area contributed by atoms with Gasteiger partial charge in [-0.1, -0.05) is 0 Å². The van der Waals surface area contributed by atoms with Crippen LogP contribution in [0.1, 0.15) is 32.3 Å². The van der Waals surface area contributed by atoms with Crippen molar-refractivity contribution >= 4 is 34.4 Å². The molecule has 0 aliphatic heterocycles. The summed E-state index contributed by atoms with van der Waals surface area (Å²) in [5, 5.41) is 32.8. The summed E-state index contributed by atoms with van der Waals surface area (Å²) in [4.78, 5) is 27.5. The molecule has 0 heterocycles. The van der Waals surface area contributed by atoms with Crippen molar-refractivity contribution in [3.63, 3.8) is 0 Å². The van der Waals surface area contributed by atoms with Crippen LogP contribution in [0.2, 0.25) is 0 Å². The van der Waals surface area contributed by atoms with E-state index in [4.69, 9.17) is 24.1 Å². The van der Waals surface area contributed by atoms with Crippen molar-refractivity contribution in [2.24, 2.45) is 0 Å². The first kappa shape index (κ1) is 32.2. The number of methoxy groups -OCH3 is 2. The number of carbonyl (C=O) groups excluding carboxylic acids is 2. The molecule has 12 heteroatoms. The number of aliphatic hydroxyl groups is 3. The molecule has 38 heavy (non-hydrogen) atoms. The van der Waals surface area contributed by atoms with E-state index in [9.17, 15) is 19.8 Å². The monoisotopic (exact) mass is 650 g/mol. The van der Waals surface area contributed by atoms with Crippen LogP contribution in [0.3, 0.4) is 0 Å². The van der Waals surface area contributed by atoms with Gasteiger partial charge in [0.25, 0.3) is 0 Å². The van der Waals surface area contributed by atoms with Crippen LogP contribution in [0.25, 0.3) is 0 Å². The van der Waals surface area contributed by atoms with E-state index in [0.29, 0.717) is 39.2 Å². The van der Waals surface area contributed by atoms with Crippen LogP contribution in [0.5, 0.6) is 11.5 Å². The van der Waals surface area contributed by atoms with Gasteiger partial charge in [0.15, 0.2) is 11.5 Å². The third-order valence-electron chi connectivity index (χ3n) is 5.92. The standard InChI is InChI=1S/C26H39IN2O9/c1-16(2)37-9-5-7-29(23(32)15-35-3)20-12-18(26(34)28-6-8-30)13-21(24(20)33)38-25-19(27)10-17(14-31)11-22(25)36-4/h10-11,13,16,20-21,24,30-31,33H,5-9,12,14-15H2,1-4H3,(H,28,34)/t20-,21+,24+/m1/s1. The molecule has 214 valence electrons. The van der Waals surface area contributed by atoms with Crippen molar-refractivity contribution in [2.45, 2.75) is 57.6 Å². The molecule has 4 N–H and O–H groups in total. The number of hydrogen-bond acceptors (Lipinski definition) is 9. The number of nitrogens with one attached hydrogen (secondary N) is 1. The highest BCUT2D eigenvalue weighted by Crippen LogP contribution is 2.37. The van der Waals surface area contributed by atoms with Gasteiger partial charge in [-0.05, 0) is 66.6 Å². The Kier molecular flexibility index (Phi) is 13.8. The zero-order chi connectivity index (χ0) is 28.2. The Balaban J connectivity index is 2.44. The first-order valence-corrected chi connectivity index (χ1v) is 13.6. The van der Waals surface area contributed by atoms with E-state index in [1.54, 1.807) is 12.1 Å². The lowest BCUT2D eigenvalue weighted by atomic mass is 9.88. The summed E-state index contributed by atoms with van der Waals surface area (Å²) in [6.07, 6.45) is -0.0201. The van der Waals surface area contributed by atoms with Gasteiger partial charge < -0.3 is 44.5 Å². The van der Waals surface area contributed by atoms with Crippen molar-refractivity contribution in [1.82, 2.24) is 10.2 Å². The maximum atomic E-state index is 13.1. The average Bonchev–Trinajstić information content (AvgIpc) is 2.89. The van der Waals surface area contributed by atoms with Crippen LogP contribution in [0.4, 0.5) is 0 Å². The third kappa shape index (κ3) is 9.06. The van der Waals surface area contributed by atoms with E-state index in [1.807, 2.05) is 36.4 Å². The molecule has 0 spiro atoms. The minimum absolute atomic E-state index is 0.0376. The molecule has 0 saturated heterocycles. The van der Waals surface area contributed by atoms with Gasteiger partial charge in [0.1, 0.15) is 18.8 Å². The molecule has 1 aromatic rings. The number of amides is 2. The number of benzene rings is 1. The topological polar surface area (TPSA) is 147 Å². The van der Waals surface area contributed by atoms with Gasteiger partial charge in [-0.2, -0.15) is 0 Å². The zero-order valence-electron chi connectivity index (χ0n) is 22.3. The maximum Gasteiger partial charge on any atom is 0.248 e. The second-order valence-electron chi connectivity index (χ2n) is 9.08. The van der Waals surface area contributed by atoms with Gasteiger partial charge in [0, 0.05) is 38.8 Å². The molecule has 2 amide bonds. The summed E-state index contributed by atoms with van der Waals surface area (Å²) >= 11 is 2.05. The molecule has 2 rings (SSSR count). The van der Waals surface area contributed by atoms with E-state index < -0.39 is 24.2 Å². The SMILES string of the molecule is COCC(=O)N(CCCOC(C)C)[C@@H]1CC(C(=O)NCCO)=C[C@H](Oc2c(I)cc(CO)cc2OC)[C@H]1O. The lowest BCUT2D eigenvalue weighted by molar-refractivity contribution is -0.142. The first-order chi connectivity index (χ1) is 18.2. The molecule has 1 aromatic carbocycles. The maximum absolute atomic E-state index is 13.1. The van der Waals surface area contributed by atoms with Crippen molar-refractivity contribution in [3.05, 3.63) is 32.9 Å². The van der Waals surface area contributed by atoms with E-state index in [1.165, 1.54) is 25.2 Å². The summed E-state index contributed by atoms with van der Waals surface area (Å²) in [5.41, 5.74) is 0.939. The number of nitrogens with zero attached hydrogens (tertiary/aromatic N) is 1. The first-order valence-electron chi connectivity index (χ1n) is 12.5. The van der Waals surface area contributed by atoms with E-state index in [0.717, 1.165) is 0 Å². The van der Waals surface area contributed by atoms with Crippen LogP contribution in [0, 0.1) is 3.57 Å². The number of carbonyl (C=O) groups is 2. The Morgan fingerprint density at radius 3 is 2.58 bits per heavy atom. The Morgan fingerprint density at radius 2 is 1.97 bits per heavy atom. The lowest BCUT2D eigenvalue weighted by Gasteiger charge is -2.40. The van der Waals surface area contributed by atoms with Crippen LogP contribution >= 0.6 is 22.6 Å². The molecule has 0 saturated carbocycles. The fraction of sp³-hybridized carbons (Fsp3) is 0.615. The van der Waals surface area contributed by atoms with E-state index in [2.05, 4.69) is 5.32 Å². The summed E-state index contributed by atoms with van der Waals surface area (Å²) in [6, 6.07) is 2.57. The Hall–Kier alpha value is -1.97. The lowest BCUT2D eigenvalue weighted by Crippen LogP contribution is -2.56. The van der Waals surface area contributed by atoms with E-state index >= 15 is 0 Å². The number of rotatable bonds is 15. The molecular formula is C26H39IN2O9. The average molecular weight is 651 g/mol. The minimum Gasteiger partial charge on any atom is -0.493 e. The fourth-order valence-corrected chi connectivity index (χ4v) is 4.92. The van der Waals surface area contributed by atoms with Crippen molar-refractivity contribution in [1.29, 1.82) is 0 Å². The highest BCUT2D eigenvalue weighted by atomic mass is 127. The highest BCUT2D eigenvalue weighted by Gasteiger charge is 2.40. The summed E-state index contributed by atoms with van der Waals surface area (Å²) in [6.45, 7) is 3.99. The normalized spacial score (nSPS) is 19.2. The third-order valence-corrected chi connectivity index (χ3v) is 6.72. The molecular weight excluding hydrogens is 611 g/mol. The highest BCUT2D eigenvalue weighted by molar-refractivity contribution is 14.1. The quantitative estimate of drug-likeness (QED) is 0.161. The predicted molar refractivity (Wildman–Crippen MR) is 148 cm³/mol. The molecule has 3 atom stereocenters. The Bertz CT molecular complexity index is 957. The van der Waals surface area contributed by atoms with Crippen LogP contribution in [0.15, 0.2) is 23.8 Å². The molecule has 1 aliphatic carbocycles. The Labute approximate surface area is 237 Å². The van der Waals surface area contributed by atoms with Crippen LogP contribution in [-0.2, 0) is 25.7 Å². The minimum atomic E-state index is -1.19. The summed E-state index contributed by atoms with van der Waals surface area (Å²) < 4.78 is 23.0. The number of halogens is 1. The van der Waals surface area contributed by atoms with Crippen molar-refractivity contribution in [2.75, 3.05) is 47.1 Å². The zero-order valence-corrected chi connectivity index (χ0v) is 24.5. The van der Waals surface area contributed by atoms with Gasteiger partial charge in [-0.3, -0.25) is 9.59 Å². The van der Waals surface area contributed by atoms with Crippen LogP contribution in [-0.4, -0.2) is 104 Å². The fourth-order valence-electron chi connectivity index (χ4n) is 4.13.